The lowest BCUT2D eigenvalue weighted by atomic mass is 10.0. The summed E-state index contributed by atoms with van der Waals surface area (Å²) in [6.45, 7) is 13.1. The lowest BCUT2D eigenvalue weighted by molar-refractivity contribution is -0.124. The molecule has 0 aromatic carbocycles. The maximum absolute atomic E-state index is 11.9. The van der Waals surface area contributed by atoms with E-state index in [4.69, 9.17) is 9.84 Å². The zero-order chi connectivity index (χ0) is 19.5. The van der Waals surface area contributed by atoms with Gasteiger partial charge in [-0.1, -0.05) is 13.8 Å². The molecule has 0 aliphatic rings. The van der Waals surface area contributed by atoms with E-state index in [1.165, 1.54) is 0 Å². The molecular formula is C19H38N2O4. The molecule has 0 aliphatic heterocycles. The van der Waals surface area contributed by atoms with Gasteiger partial charge >= 0.3 is 0 Å². The second-order valence-electron chi connectivity index (χ2n) is 8.33. The molecule has 25 heavy (non-hydrogen) atoms. The molecule has 0 unspecified atom stereocenters. The first-order valence-electron chi connectivity index (χ1n) is 9.30. The van der Waals surface area contributed by atoms with Gasteiger partial charge in [0.25, 0.3) is 0 Å². The van der Waals surface area contributed by atoms with E-state index in [0.717, 1.165) is 6.42 Å². The summed E-state index contributed by atoms with van der Waals surface area (Å²) >= 11 is 0. The average molecular weight is 359 g/mol. The van der Waals surface area contributed by atoms with Crippen molar-refractivity contribution in [3.05, 3.63) is 0 Å². The number of amides is 2. The molecule has 3 N–H and O–H groups in total. The molecule has 0 atom stereocenters. The van der Waals surface area contributed by atoms with E-state index in [-0.39, 0.29) is 18.4 Å². The number of aliphatic hydroxyl groups excluding tert-OH is 1. The van der Waals surface area contributed by atoms with Gasteiger partial charge in [0, 0.05) is 38.1 Å². The molecule has 0 saturated carbocycles. The Labute approximate surface area is 153 Å². The van der Waals surface area contributed by atoms with Crippen LogP contribution in [0, 0.1) is 5.92 Å². The Bertz CT molecular complexity index is 406. The molecule has 0 radical (unpaired) electrons. The molecule has 0 heterocycles. The van der Waals surface area contributed by atoms with Gasteiger partial charge in [0.2, 0.25) is 11.8 Å². The maximum atomic E-state index is 11.9. The molecule has 148 valence electrons. The Hall–Kier alpha value is -1.14. The van der Waals surface area contributed by atoms with Gasteiger partial charge in [-0.15, -0.1) is 0 Å². The van der Waals surface area contributed by atoms with Crippen LogP contribution in [0.2, 0.25) is 0 Å². The van der Waals surface area contributed by atoms with Crippen LogP contribution in [0.25, 0.3) is 0 Å². The predicted molar refractivity (Wildman–Crippen MR) is 100 cm³/mol. The number of aliphatic hydroxyl groups is 1. The van der Waals surface area contributed by atoms with Crippen LogP contribution in [0.5, 0.6) is 0 Å². The Morgan fingerprint density at radius 3 is 2.24 bits per heavy atom. The first kappa shape index (κ1) is 23.9. The van der Waals surface area contributed by atoms with E-state index in [0.29, 0.717) is 44.8 Å². The Balaban J connectivity index is 3.94. The van der Waals surface area contributed by atoms with Crippen LogP contribution < -0.4 is 10.6 Å². The van der Waals surface area contributed by atoms with Gasteiger partial charge in [-0.3, -0.25) is 9.59 Å². The second-order valence-corrected chi connectivity index (χ2v) is 8.33. The predicted octanol–water partition coefficient (Wildman–Crippen LogP) is 2.39. The van der Waals surface area contributed by atoms with E-state index < -0.39 is 11.1 Å². The number of hydrogen-bond acceptors (Lipinski definition) is 4. The van der Waals surface area contributed by atoms with Gasteiger partial charge in [-0.25, -0.2) is 0 Å². The molecule has 0 spiro atoms. The zero-order valence-electron chi connectivity index (χ0n) is 16.9. The van der Waals surface area contributed by atoms with Gasteiger partial charge < -0.3 is 20.5 Å². The third kappa shape index (κ3) is 13.8. The standard InChI is InChI=1S/C19H38N2O4/c1-15(2)10-13-25-19(5,6)14-20-16(23)8-7-9-17(24)21-18(3,4)11-12-22/h15,22H,7-14H2,1-6H3,(H,20,23)(H,21,24). The van der Waals surface area contributed by atoms with Crippen LogP contribution >= 0.6 is 0 Å². The molecule has 0 aromatic heterocycles. The van der Waals surface area contributed by atoms with E-state index in [9.17, 15) is 9.59 Å². The van der Waals surface area contributed by atoms with Gasteiger partial charge in [-0.05, 0) is 52.9 Å². The lowest BCUT2D eigenvalue weighted by Crippen LogP contribution is -2.44. The number of carbonyl (C=O) groups excluding carboxylic acids is 2. The molecule has 0 fully saturated rings. The van der Waals surface area contributed by atoms with Crippen molar-refractivity contribution in [2.75, 3.05) is 19.8 Å². The highest BCUT2D eigenvalue weighted by molar-refractivity contribution is 5.79. The quantitative estimate of drug-likeness (QED) is 0.472. The van der Waals surface area contributed by atoms with Crippen molar-refractivity contribution in [1.29, 1.82) is 0 Å². The summed E-state index contributed by atoms with van der Waals surface area (Å²) in [5.74, 6) is 0.436. The number of hydrogen-bond donors (Lipinski definition) is 3. The summed E-state index contributed by atoms with van der Waals surface area (Å²) in [5, 5.41) is 14.7. The third-order valence-electron chi connectivity index (χ3n) is 3.92. The van der Waals surface area contributed by atoms with Crippen LogP contribution in [0.4, 0.5) is 0 Å². The van der Waals surface area contributed by atoms with Crippen molar-refractivity contribution in [2.45, 2.75) is 84.8 Å². The first-order chi connectivity index (χ1) is 11.5. The number of rotatable bonds is 13. The minimum Gasteiger partial charge on any atom is -0.396 e. The van der Waals surface area contributed by atoms with Gasteiger partial charge in [0.15, 0.2) is 0 Å². The summed E-state index contributed by atoms with van der Waals surface area (Å²) in [7, 11) is 0. The summed E-state index contributed by atoms with van der Waals surface area (Å²) in [4.78, 5) is 23.8. The van der Waals surface area contributed by atoms with Crippen LogP contribution in [0.15, 0.2) is 0 Å². The van der Waals surface area contributed by atoms with Crippen molar-refractivity contribution in [3.63, 3.8) is 0 Å². The SMILES string of the molecule is CC(C)CCOC(C)(C)CNC(=O)CCCC(=O)NC(C)(C)CCO. The van der Waals surface area contributed by atoms with E-state index >= 15 is 0 Å². The molecule has 0 aromatic rings. The highest BCUT2D eigenvalue weighted by atomic mass is 16.5. The number of ether oxygens (including phenoxy) is 1. The normalized spacial score (nSPS) is 12.3. The minimum absolute atomic E-state index is 0.0325. The Kier molecular flexibility index (Phi) is 10.9. The second kappa shape index (κ2) is 11.5. The monoisotopic (exact) mass is 358 g/mol. The fourth-order valence-electron chi connectivity index (χ4n) is 2.21. The molecule has 0 rings (SSSR count). The molecular weight excluding hydrogens is 320 g/mol. The number of carbonyl (C=O) groups is 2. The summed E-state index contributed by atoms with van der Waals surface area (Å²) < 4.78 is 5.81. The van der Waals surface area contributed by atoms with Crippen LogP contribution in [-0.4, -0.2) is 47.8 Å². The first-order valence-corrected chi connectivity index (χ1v) is 9.30. The number of nitrogens with one attached hydrogen (secondary N) is 2. The third-order valence-corrected chi connectivity index (χ3v) is 3.92. The molecule has 0 saturated heterocycles. The largest absolute Gasteiger partial charge is 0.396 e. The maximum Gasteiger partial charge on any atom is 0.220 e. The Morgan fingerprint density at radius 1 is 1.08 bits per heavy atom. The van der Waals surface area contributed by atoms with Gasteiger partial charge in [0.05, 0.1) is 5.60 Å². The van der Waals surface area contributed by atoms with E-state index in [1.54, 1.807) is 0 Å². The molecule has 6 heteroatoms. The lowest BCUT2D eigenvalue weighted by Gasteiger charge is -2.26. The van der Waals surface area contributed by atoms with Crippen molar-refractivity contribution in [2.24, 2.45) is 5.92 Å². The molecule has 6 nitrogen and oxygen atoms in total. The summed E-state index contributed by atoms with van der Waals surface area (Å²) in [6.07, 6.45) is 2.62. The molecule has 2 amide bonds. The highest BCUT2D eigenvalue weighted by Crippen LogP contribution is 2.11. The van der Waals surface area contributed by atoms with Crippen LogP contribution in [0.1, 0.15) is 73.6 Å². The Morgan fingerprint density at radius 2 is 1.68 bits per heavy atom. The van der Waals surface area contributed by atoms with Gasteiger partial charge in [0.1, 0.15) is 0 Å². The van der Waals surface area contributed by atoms with Crippen molar-refractivity contribution in [1.82, 2.24) is 10.6 Å². The average Bonchev–Trinajstić information content (AvgIpc) is 2.43. The van der Waals surface area contributed by atoms with Crippen molar-refractivity contribution >= 4 is 11.8 Å². The molecule has 0 bridgehead atoms. The smallest absolute Gasteiger partial charge is 0.220 e. The van der Waals surface area contributed by atoms with Crippen molar-refractivity contribution < 1.29 is 19.4 Å². The summed E-state index contributed by atoms with van der Waals surface area (Å²) in [5.41, 5.74) is -0.818. The minimum atomic E-state index is -0.425. The van der Waals surface area contributed by atoms with Crippen molar-refractivity contribution in [3.8, 4) is 0 Å². The van der Waals surface area contributed by atoms with E-state index in [2.05, 4.69) is 24.5 Å². The fraction of sp³-hybridized carbons (Fsp3) is 0.895. The topological polar surface area (TPSA) is 87.7 Å². The van der Waals surface area contributed by atoms with E-state index in [1.807, 2.05) is 27.7 Å². The zero-order valence-corrected chi connectivity index (χ0v) is 16.9. The molecule has 0 aliphatic carbocycles. The van der Waals surface area contributed by atoms with Gasteiger partial charge in [-0.2, -0.15) is 0 Å². The van der Waals surface area contributed by atoms with Crippen LogP contribution in [0.3, 0.4) is 0 Å². The highest BCUT2D eigenvalue weighted by Gasteiger charge is 2.21. The summed E-state index contributed by atoms with van der Waals surface area (Å²) in [6, 6.07) is 0. The fourth-order valence-corrected chi connectivity index (χ4v) is 2.21. The van der Waals surface area contributed by atoms with Crippen LogP contribution in [-0.2, 0) is 14.3 Å².